The maximum absolute atomic E-state index is 12.9. The lowest BCUT2D eigenvalue weighted by Crippen LogP contribution is -2.30. The first kappa shape index (κ1) is 18.1. The lowest BCUT2D eigenvalue weighted by molar-refractivity contribution is -0.133. The number of likely N-dealkylation sites (N-methyl/N-ethyl adjacent to an activating group) is 1. The summed E-state index contributed by atoms with van der Waals surface area (Å²) in [5.74, 6) is -1.19. The number of halogens is 1. The van der Waals surface area contributed by atoms with Crippen LogP contribution in [-0.2, 0) is 23.1 Å². The molecule has 1 aromatic carbocycles. The highest BCUT2D eigenvalue weighted by Gasteiger charge is 2.18. The van der Waals surface area contributed by atoms with Crippen LogP contribution in [0.2, 0.25) is 0 Å². The molecule has 0 aliphatic carbocycles. The van der Waals surface area contributed by atoms with Gasteiger partial charge in [-0.2, -0.15) is 5.10 Å². The molecule has 0 N–H and O–H groups in total. The highest BCUT2D eigenvalue weighted by atomic mass is 32.1. The molecule has 2 aromatic heterocycles. The van der Waals surface area contributed by atoms with Crippen molar-refractivity contribution in [2.75, 3.05) is 13.7 Å². The molecule has 0 atom stereocenters. The summed E-state index contributed by atoms with van der Waals surface area (Å²) in [7, 11) is 3.42. The number of nitrogens with zero attached hydrogens (tertiary/aromatic N) is 3. The number of hydrogen-bond donors (Lipinski definition) is 0. The number of ether oxygens (including phenoxy) is 1. The molecule has 0 saturated heterocycles. The fourth-order valence-corrected chi connectivity index (χ4v) is 3.58. The lowest BCUT2D eigenvalue weighted by Gasteiger charge is -2.17. The van der Waals surface area contributed by atoms with Crippen LogP contribution < -0.4 is 0 Å². The van der Waals surface area contributed by atoms with Crippen molar-refractivity contribution in [1.82, 2.24) is 14.7 Å². The quantitative estimate of drug-likeness (QED) is 0.643. The van der Waals surface area contributed by atoms with Crippen LogP contribution in [0.3, 0.4) is 0 Å². The fraction of sp³-hybridized carbons (Fsp3) is 0.278. The molecule has 8 heteroatoms. The standard InChI is InChI=1S/C18H18FN3O3S/c1-11-14-8-15(26-17(14)22(3)20-11)18(24)25-10-16(23)21(2)9-12-4-6-13(19)7-5-12/h4-8H,9-10H2,1-3H3. The Labute approximate surface area is 153 Å². The average Bonchev–Trinajstić information content (AvgIpc) is 3.16. The van der Waals surface area contributed by atoms with Gasteiger partial charge in [0, 0.05) is 26.0 Å². The second kappa shape index (κ2) is 7.25. The van der Waals surface area contributed by atoms with E-state index in [2.05, 4.69) is 5.10 Å². The van der Waals surface area contributed by atoms with Crippen molar-refractivity contribution >= 4 is 33.4 Å². The summed E-state index contributed by atoms with van der Waals surface area (Å²) >= 11 is 1.28. The van der Waals surface area contributed by atoms with E-state index in [9.17, 15) is 14.0 Å². The third-order valence-electron chi connectivity index (χ3n) is 3.98. The van der Waals surface area contributed by atoms with E-state index < -0.39 is 5.97 Å². The molecule has 136 valence electrons. The minimum atomic E-state index is -0.533. The summed E-state index contributed by atoms with van der Waals surface area (Å²) < 4.78 is 19.8. The molecule has 0 radical (unpaired) electrons. The maximum atomic E-state index is 12.9. The van der Waals surface area contributed by atoms with E-state index >= 15 is 0 Å². The Kier molecular flexibility index (Phi) is 5.03. The Morgan fingerprint density at radius 2 is 2.00 bits per heavy atom. The Morgan fingerprint density at radius 3 is 2.65 bits per heavy atom. The summed E-state index contributed by atoms with van der Waals surface area (Å²) in [4.78, 5) is 27.1. The average molecular weight is 375 g/mol. The molecule has 0 unspecified atom stereocenters. The molecular weight excluding hydrogens is 357 g/mol. The van der Waals surface area contributed by atoms with Crippen LogP contribution >= 0.6 is 11.3 Å². The normalized spacial score (nSPS) is 10.9. The summed E-state index contributed by atoms with van der Waals surface area (Å²) in [6.07, 6.45) is 0. The molecular formula is C18H18FN3O3S. The molecule has 0 saturated carbocycles. The minimum absolute atomic E-state index is 0.310. The topological polar surface area (TPSA) is 64.4 Å². The van der Waals surface area contributed by atoms with Gasteiger partial charge in [0.1, 0.15) is 15.5 Å². The molecule has 2 heterocycles. The molecule has 3 rings (SSSR count). The summed E-state index contributed by atoms with van der Waals surface area (Å²) in [5.41, 5.74) is 1.63. The highest BCUT2D eigenvalue weighted by molar-refractivity contribution is 7.20. The highest BCUT2D eigenvalue weighted by Crippen LogP contribution is 2.28. The van der Waals surface area contributed by atoms with E-state index in [1.165, 1.54) is 28.4 Å². The van der Waals surface area contributed by atoms with Crippen LogP contribution in [0.25, 0.3) is 10.2 Å². The number of thiophene rings is 1. The van der Waals surface area contributed by atoms with E-state index in [-0.39, 0.29) is 18.3 Å². The van der Waals surface area contributed by atoms with Crippen LogP contribution in [0.5, 0.6) is 0 Å². The second-order valence-corrected chi connectivity index (χ2v) is 7.02. The van der Waals surface area contributed by atoms with Crippen molar-refractivity contribution in [3.8, 4) is 0 Å². The molecule has 6 nitrogen and oxygen atoms in total. The molecule has 0 aliphatic heterocycles. The van der Waals surface area contributed by atoms with Gasteiger partial charge in [0.25, 0.3) is 5.91 Å². The molecule has 26 heavy (non-hydrogen) atoms. The predicted octanol–water partition coefficient (Wildman–Crippen LogP) is 2.90. The van der Waals surface area contributed by atoms with Crippen molar-refractivity contribution in [2.45, 2.75) is 13.5 Å². The molecule has 3 aromatic rings. The van der Waals surface area contributed by atoms with Gasteiger partial charge in [0.2, 0.25) is 0 Å². The van der Waals surface area contributed by atoms with Crippen molar-refractivity contribution in [3.05, 3.63) is 52.3 Å². The number of hydrogen-bond acceptors (Lipinski definition) is 5. The number of benzene rings is 1. The number of amides is 1. The third kappa shape index (κ3) is 3.75. The Hall–Kier alpha value is -2.74. The number of aromatic nitrogens is 2. The van der Waals surface area contributed by atoms with E-state index in [0.29, 0.717) is 11.4 Å². The van der Waals surface area contributed by atoms with Crippen LogP contribution in [0.1, 0.15) is 20.9 Å². The van der Waals surface area contributed by atoms with E-state index in [0.717, 1.165) is 21.5 Å². The number of fused-ring (bicyclic) bond motifs is 1. The summed E-state index contributed by atoms with van der Waals surface area (Å²) in [6, 6.07) is 7.63. The molecule has 0 aliphatic rings. The zero-order valence-corrected chi connectivity index (χ0v) is 15.5. The Balaban J connectivity index is 1.58. The second-order valence-electron chi connectivity index (χ2n) is 5.99. The van der Waals surface area contributed by atoms with Crippen molar-refractivity contribution in [2.24, 2.45) is 7.05 Å². The van der Waals surface area contributed by atoms with Gasteiger partial charge in [-0.05, 0) is 30.7 Å². The first-order chi connectivity index (χ1) is 12.3. The van der Waals surface area contributed by atoms with Crippen LogP contribution in [0, 0.1) is 12.7 Å². The van der Waals surface area contributed by atoms with E-state index in [4.69, 9.17) is 4.74 Å². The predicted molar refractivity (Wildman–Crippen MR) is 96.5 cm³/mol. The smallest absolute Gasteiger partial charge is 0.348 e. The zero-order valence-electron chi connectivity index (χ0n) is 14.7. The van der Waals surface area contributed by atoms with Crippen LogP contribution in [-0.4, -0.2) is 40.2 Å². The first-order valence-corrected chi connectivity index (χ1v) is 8.75. The number of esters is 1. The Morgan fingerprint density at radius 1 is 1.31 bits per heavy atom. The van der Waals surface area contributed by atoms with Crippen LogP contribution in [0.15, 0.2) is 30.3 Å². The van der Waals surface area contributed by atoms with Crippen LogP contribution in [0.4, 0.5) is 4.39 Å². The number of carbonyl (C=O) groups excluding carboxylic acids is 2. The summed E-state index contributed by atoms with van der Waals surface area (Å²) in [5, 5.41) is 5.19. The van der Waals surface area contributed by atoms with Crippen molar-refractivity contribution < 1.29 is 18.7 Å². The van der Waals surface area contributed by atoms with Gasteiger partial charge in [-0.1, -0.05) is 12.1 Å². The number of rotatable bonds is 5. The molecule has 1 amide bonds. The largest absolute Gasteiger partial charge is 0.451 e. The van der Waals surface area contributed by atoms with Crippen molar-refractivity contribution in [3.63, 3.8) is 0 Å². The zero-order chi connectivity index (χ0) is 18.8. The first-order valence-electron chi connectivity index (χ1n) is 7.94. The minimum Gasteiger partial charge on any atom is -0.451 e. The van der Waals surface area contributed by atoms with Gasteiger partial charge in [0.15, 0.2) is 6.61 Å². The molecule has 0 spiro atoms. The lowest BCUT2D eigenvalue weighted by atomic mass is 10.2. The van der Waals surface area contributed by atoms with Crippen molar-refractivity contribution in [1.29, 1.82) is 0 Å². The van der Waals surface area contributed by atoms with Gasteiger partial charge in [-0.25, -0.2) is 9.18 Å². The van der Waals surface area contributed by atoms with Gasteiger partial charge in [0.05, 0.1) is 5.69 Å². The molecule has 0 bridgehead atoms. The number of aryl methyl sites for hydroxylation is 2. The van der Waals surface area contributed by atoms with Gasteiger partial charge >= 0.3 is 5.97 Å². The monoisotopic (exact) mass is 375 g/mol. The van der Waals surface area contributed by atoms with Gasteiger partial charge < -0.3 is 9.64 Å². The fourth-order valence-electron chi connectivity index (χ4n) is 2.57. The number of carbonyl (C=O) groups is 2. The van der Waals surface area contributed by atoms with Gasteiger partial charge in [-0.15, -0.1) is 11.3 Å². The summed E-state index contributed by atoms with van der Waals surface area (Å²) in [6.45, 7) is 1.84. The van der Waals surface area contributed by atoms with Gasteiger partial charge in [-0.3, -0.25) is 9.48 Å². The molecule has 0 fully saturated rings. The third-order valence-corrected chi connectivity index (χ3v) is 5.16. The van der Waals surface area contributed by atoms with E-state index in [1.54, 1.807) is 29.9 Å². The SMILES string of the molecule is Cc1nn(C)c2sc(C(=O)OCC(=O)N(C)Cc3ccc(F)cc3)cc12. The maximum Gasteiger partial charge on any atom is 0.348 e. The van der Waals surface area contributed by atoms with E-state index in [1.807, 2.05) is 14.0 Å². The Bertz CT molecular complexity index is 928.